The van der Waals surface area contributed by atoms with Crippen molar-refractivity contribution in [1.29, 1.82) is 5.26 Å². The monoisotopic (exact) mass is 408 g/mol. The fraction of sp³-hybridized carbons (Fsp3) is 0.500. The highest BCUT2D eigenvalue weighted by Gasteiger charge is 2.40. The highest BCUT2D eigenvalue weighted by atomic mass is 19.4. The summed E-state index contributed by atoms with van der Waals surface area (Å²) in [4.78, 5) is 4.16. The second kappa shape index (κ2) is 7.69. The van der Waals surface area contributed by atoms with Gasteiger partial charge in [0.15, 0.2) is 0 Å². The van der Waals surface area contributed by atoms with Crippen LogP contribution in [-0.4, -0.2) is 44.7 Å². The molecule has 0 aliphatic rings. The number of anilines is 1. The van der Waals surface area contributed by atoms with Crippen LogP contribution >= 0.6 is 0 Å². The molecule has 2 rings (SSSR count). The molecule has 0 saturated heterocycles. The Morgan fingerprint density at radius 2 is 1.90 bits per heavy atom. The molecule has 2 aromatic heterocycles. The van der Waals surface area contributed by atoms with Crippen molar-refractivity contribution in [3.63, 3.8) is 0 Å². The van der Waals surface area contributed by atoms with Crippen molar-refractivity contribution in [2.45, 2.75) is 58.0 Å². The molecule has 2 aromatic rings. The Labute approximate surface area is 167 Å². The van der Waals surface area contributed by atoms with Crippen LogP contribution in [0.4, 0.5) is 19.0 Å². The third kappa shape index (κ3) is 4.71. The van der Waals surface area contributed by atoms with Crippen LogP contribution < -0.4 is 11.2 Å². The highest BCUT2D eigenvalue weighted by molar-refractivity contribution is 6.46. The van der Waals surface area contributed by atoms with Crippen molar-refractivity contribution in [3.8, 4) is 17.5 Å². The molecule has 1 atom stereocenters. The van der Waals surface area contributed by atoms with E-state index in [-0.39, 0.29) is 22.8 Å². The Morgan fingerprint density at radius 1 is 1.28 bits per heavy atom. The van der Waals surface area contributed by atoms with E-state index in [1.165, 1.54) is 19.7 Å². The van der Waals surface area contributed by atoms with Crippen LogP contribution in [0.3, 0.4) is 0 Å². The molecular weight excluding hydrogens is 386 g/mol. The number of nitrogens with zero attached hydrogens (tertiary/aromatic N) is 4. The van der Waals surface area contributed by atoms with Gasteiger partial charge in [-0.05, 0) is 46.1 Å². The maximum absolute atomic E-state index is 13.0. The lowest BCUT2D eigenvalue weighted by Gasteiger charge is -2.37. The molecule has 7 nitrogen and oxygen atoms in total. The summed E-state index contributed by atoms with van der Waals surface area (Å²) in [5, 5.41) is 23.3. The summed E-state index contributed by atoms with van der Waals surface area (Å²) in [5.74, 6) is -0.375. The Morgan fingerprint density at radius 3 is 2.34 bits per heavy atom. The van der Waals surface area contributed by atoms with Crippen LogP contribution in [0.25, 0.3) is 11.4 Å². The molecule has 0 bridgehead atoms. The quantitative estimate of drug-likeness (QED) is 0.710. The van der Waals surface area contributed by atoms with E-state index in [2.05, 4.69) is 10.1 Å². The first-order valence-electron chi connectivity index (χ1n) is 8.73. The van der Waals surface area contributed by atoms with Gasteiger partial charge >= 0.3 is 13.7 Å². The van der Waals surface area contributed by atoms with E-state index in [1.807, 2.05) is 0 Å². The van der Waals surface area contributed by atoms with Crippen LogP contribution in [0.2, 0.25) is 0 Å². The van der Waals surface area contributed by atoms with Crippen molar-refractivity contribution >= 4 is 18.8 Å². The third-order valence-corrected chi connectivity index (χ3v) is 4.89. The minimum absolute atomic E-state index is 0.0367. The van der Waals surface area contributed by atoms with Crippen molar-refractivity contribution in [1.82, 2.24) is 14.8 Å². The molecular formula is C18H22BF3N5O2. The molecule has 0 spiro atoms. The standard InChI is InChI=1S/C18H22BF3N5O2/c1-10(18(20,21)22)27-15(24)12(8-23)14(26-27)13-7-6-11(9-25-13)19-29-17(4,5)16(2,3)28/h6-7,9-10,28H,24H2,1-5H3. The first kappa shape index (κ1) is 22.7. The number of hydrogen-bond acceptors (Lipinski definition) is 6. The molecule has 0 fully saturated rings. The number of halogens is 3. The van der Waals surface area contributed by atoms with Gasteiger partial charge in [0, 0.05) is 6.20 Å². The zero-order valence-corrected chi connectivity index (χ0v) is 16.7. The summed E-state index contributed by atoms with van der Waals surface area (Å²) in [6.07, 6.45) is -3.15. The van der Waals surface area contributed by atoms with E-state index < -0.39 is 23.4 Å². The van der Waals surface area contributed by atoms with Crippen LogP contribution in [0, 0.1) is 11.3 Å². The molecule has 0 aliphatic heterocycles. The predicted octanol–water partition coefficient (Wildman–Crippen LogP) is 2.33. The Bertz CT molecular complexity index is 912. The zero-order valence-electron chi connectivity index (χ0n) is 16.7. The lowest BCUT2D eigenvalue weighted by Crippen LogP contribution is -2.49. The van der Waals surface area contributed by atoms with E-state index in [4.69, 9.17) is 10.4 Å². The van der Waals surface area contributed by atoms with Gasteiger partial charge in [-0.2, -0.15) is 23.5 Å². The molecule has 0 saturated carbocycles. The molecule has 1 radical (unpaired) electrons. The zero-order chi connectivity index (χ0) is 22.2. The summed E-state index contributed by atoms with van der Waals surface area (Å²) in [6, 6.07) is 2.90. The van der Waals surface area contributed by atoms with E-state index >= 15 is 0 Å². The summed E-state index contributed by atoms with van der Waals surface area (Å²) >= 11 is 0. The fourth-order valence-corrected chi connectivity index (χ4v) is 2.15. The lowest BCUT2D eigenvalue weighted by atomic mass is 9.83. The second-order valence-electron chi connectivity index (χ2n) is 7.66. The summed E-state index contributed by atoms with van der Waals surface area (Å²) < 4.78 is 45.3. The summed E-state index contributed by atoms with van der Waals surface area (Å²) in [6.45, 7) is 7.59. The number of aliphatic hydroxyl groups is 1. The fourth-order valence-electron chi connectivity index (χ4n) is 2.15. The predicted molar refractivity (Wildman–Crippen MR) is 102 cm³/mol. The van der Waals surface area contributed by atoms with E-state index in [0.717, 1.165) is 6.92 Å². The molecule has 3 N–H and O–H groups in total. The largest absolute Gasteiger partial charge is 0.427 e. The molecule has 0 amide bonds. The van der Waals surface area contributed by atoms with Gasteiger partial charge in [-0.3, -0.25) is 4.98 Å². The highest BCUT2D eigenvalue weighted by Crippen LogP contribution is 2.34. The number of nitriles is 1. The topological polar surface area (TPSA) is 110 Å². The Balaban J connectivity index is 2.30. The first-order chi connectivity index (χ1) is 13.2. The average molecular weight is 408 g/mol. The number of nitrogen functional groups attached to an aromatic ring is 1. The third-order valence-electron chi connectivity index (χ3n) is 4.89. The maximum Gasteiger partial charge on any atom is 0.410 e. The van der Waals surface area contributed by atoms with Crippen LogP contribution in [-0.2, 0) is 4.65 Å². The average Bonchev–Trinajstić information content (AvgIpc) is 2.94. The molecule has 1 unspecified atom stereocenters. The van der Waals surface area contributed by atoms with E-state index in [1.54, 1.807) is 39.8 Å². The molecule has 2 heterocycles. The molecule has 0 aromatic carbocycles. The van der Waals surface area contributed by atoms with Crippen molar-refractivity contribution < 1.29 is 22.9 Å². The summed E-state index contributed by atoms with van der Waals surface area (Å²) in [5.41, 5.74) is 4.28. The number of rotatable bonds is 6. The normalized spacial score (nSPS) is 13.8. The van der Waals surface area contributed by atoms with Crippen molar-refractivity contribution in [3.05, 3.63) is 23.9 Å². The minimum atomic E-state index is -4.57. The molecule has 11 heteroatoms. The molecule has 29 heavy (non-hydrogen) atoms. The van der Waals surface area contributed by atoms with Gasteiger partial charge in [0.05, 0.1) is 16.9 Å². The van der Waals surface area contributed by atoms with Gasteiger partial charge < -0.3 is 15.5 Å². The summed E-state index contributed by atoms with van der Waals surface area (Å²) in [7, 11) is 1.42. The Kier molecular flexibility index (Phi) is 6.02. The number of hydrogen-bond donors (Lipinski definition) is 2. The molecule has 155 valence electrons. The van der Waals surface area contributed by atoms with Crippen LogP contribution in [0.1, 0.15) is 46.2 Å². The number of pyridine rings is 1. The van der Waals surface area contributed by atoms with Gasteiger partial charge in [0.1, 0.15) is 29.2 Å². The van der Waals surface area contributed by atoms with Crippen LogP contribution in [0.15, 0.2) is 18.3 Å². The van der Waals surface area contributed by atoms with Gasteiger partial charge in [0.25, 0.3) is 0 Å². The maximum atomic E-state index is 13.0. The number of aromatic nitrogens is 3. The smallest absolute Gasteiger partial charge is 0.410 e. The lowest BCUT2D eigenvalue weighted by molar-refractivity contribution is -0.164. The first-order valence-corrected chi connectivity index (χ1v) is 8.73. The SMILES string of the molecule is CC(n1nc(-c2ccc([B]OC(C)(C)C(C)(C)O)cn2)c(C#N)c1N)C(F)(F)F. The second-order valence-corrected chi connectivity index (χ2v) is 7.66. The van der Waals surface area contributed by atoms with Gasteiger partial charge in [0.2, 0.25) is 0 Å². The molecule has 0 aliphatic carbocycles. The number of nitrogens with two attached hydrogens (primary N) is 1. The number of alkyl halides is 3. The van der Waals surface area contributed by atoms with Gasteiger partial charge in [-0.1, -0.05) is 6.07 Å². The van der Waals surface area contributed by atoms with Crippen molar-refractivity contribution in [2.24, 2.45) is 0 Å². The Hall–Kier alpha value is -2.58. The van der Waals surface area contributed by atoms with E-state index in [0.29, 0.717) is 10.1 Å². The minimum Gasteiger partial charge on any atom is -0.427 e. The van der Waals surface area contributed by atoms with Gasteiger partial charge in [-0.15, -0.1) is 0 Å². The van der Waals surface area contributed by atoms with Gasteiger partial charge in [-0.25, -0.2) is 4.68 Å². The van der Waals surface area contributed by atoms with Crippen LogP contribution in [0.5, 0.6) is 0 Å². The van der Waals surface area contributed by atoms with E-state index in [9.17, 15) is 23.5 Å². The van der Waals surface area contributed by atoms with Crippen molar-refractivity contribution in [2.75, 3.05) is 5.73 Å².